The smallest absolute Gasteiger partial charge is 0.239 e. The Kier molecular flexibility index (Phi) is 5.59. The van der Waals surface area contributed by atoms with Crippen LogP contribution in [0.1, 0.15) is 12.0 Å². The normalized spacial score (nSPS) is 21.3. The number of likely N-dealkylation sites (N-methyl/N-ethyl adjacent to an activating group) is 1. The van der Waals surface area contributed by atoms with Crippen LogP contribution in [0.2, 0.25) is 0 Å². The molecule has 1 amide bonds. The van der Waals surface area contributed by atoms with E-state index in [1.54, 1.807) is 12.0 Å². The van der Waals surface area contributed by atoms with Crippen molar-refractivity contribution in [1.29, 1.82) is 0 Å². The third-order valence-electron chi connectivity index (χ3n) is 3.88. The summed E-state index contributed by atoms with van der Waals surface area (Å²) in [7, 11) is 3.49. The van der Waals surface area contributed by atoms with Crippen LogP contribution in [0, 0.1) is 6.92 Å². The number of nitrogens with one attached hydrogen (secondary N) is 1. The van der Waals surface area contributed by atoms with Crippen LogP contribution in [-0.2, 0) is 9.53 Å². The van der Waals surface area contributed by atoms with Gasteiger partial charge < -0.3 is 19.7 Å². The van der Waals surface area contributed by atoms with E-state index in [0.717, 1.165) is 24.3 Å². The topological polar surface area (TPSA) is 50.8 Å². The summed E-state index contributed by atoms with van der Waals surface area (Å²) in [4.78, 5) is 14.0. The molecular weight excluding hydrogens is 268 g/mol. The maximum absolute atomic E-state index is 12.3. The molecule has 1 saturated heterocycles. The fourth-order valence-electron chi connectivity index (χ4n) is 2.46. The van der Waals surface area contributed by atoms with Crippen molar-refractivity contribution >= 4 is 5.91 Å². The number of amides is 1. The zero-order valence-corrected chi connectivity index (χ0v) is 13.0. The van der Waals surface area contributed by atoms with Gasteiger partial charge in [-0.15, -0.1) is 0 Å². The molecule has 2 rings (SSSR count). The van der Waals surface area contributed by atoms with Gasteiger partial charge >= 0.3 is 0 Å². The first kappa shape index (κ1) is 15.8. The minimum Gasteiger partial charge on any atom is -0.491 e. The molecule has 1 N–H and O–H groups in total. The molecule has 0 aromatic heterocycles. The lowest BCUT2D eigenvalue weighted by molar-refractivity contribution is -0.132. The standard InChI is InChI=1S/C16H24N2O3/c1-12-6-4-5-7-15(12)21-9-8-18(2)16(19)14-10-13(20-3)11-17-14/h4-7,13-14,17H,8-11H2,1-3H3. The molecule has 0 bridgehead atoms. The van der Waals surface area contributed by atoms with Gasteiger partial charge in [-0.05, 0) is 25.0 Å². The zero-order chi connectivity index (χ0) is 15.2. The van der Waals surface area contributed by atoms with E-state index in [1.807, 2.05) is 38.2 Å². The van der Waals surface area contributed by atoms with E-state index in [0.29, 0.717) is 13.2 Å². The highest BCUT2D eigenvalue weighted by atomic mass is 16.5. The minimum atomic E-state index is -0.140. The van der Waals surface area contributed by atoms with Crippen molar-refractivity contribution in [2.75, 3.05) is 33.9 Å². The van der Waals surface area contributed by atoms with Crippen LogP contribution in [0.25, 0.3) is 0 Å². The van der Waals surface area contributed by atoms with E-state index in [9.17, 15) is 4.79 Å². The molecule has 2 atom stereocenters. The van der Waals surface area contributed by atoms with Crippen molar-refractivity contribution < 1.29 is 14.3 Å². The van der Waals surface area contributed by atoms with E-state index < -0.39 is 0 Å². The van der Waals surface area contributed by atoms with Gasteiger partial charge in [0.25, 0.3) is 0 Å². The lowest BCUT2D eigenvalue weighted by Crippen LogP contribution is -2.43. The highest BCUT2D eigenvalue weighted by molar-refractivity contribution is 5.82. The number of carbonyl (C=O) groups is 1. The van der Waals surface area contributed by atoms with Gasteiger partial charge in [0.05, 0.1) is 18.7 Å². The van der Waals surface area contributed by atoms with Gasteiger partial charge in [-0.1, -0.05) is 18.2 Å². The van der Waals surface area contributed by atoms with Gasteiger partial charge in [-0.3, -0.25) is 4.79 Å². The molecule has 1 aromatic carbocycles. The summed E-state index contributed by atoms with van der Waals surface area (Å²) in [5.74, 6) is 0.972. The van der Waals surface area contributed by atoms with Crippen LogP contribution in [-0.4, -0.2) is 56.8 Å². The second-order valence-corrected chi connectivity index (χ2v) is 5.43. The van der Waals surface area contributed by atoms with Gasteiger partial charge in [0.2, 0.25) is 5.91 Å². The second kappa shape index (κ2) is 7.43. The first-order valence-electron chi connectivity index (χ1n) is 7.31. The van der Waals surface area contributed by atoms with Crippen LogP contribution in [0.15, 0.2) is 24.3 Å². The molecule has 0 spiro atoms. The third-order valence-corrected chi connectivity index (χ3v) is 3.88. The Morgan fingerprint density at radius 3 is 2.86 bits per heavy atom. The van der Waals surface area contributed by atoms with Crippen molar-refractivity contribution in [3.63, 3.8) is 0 Å². The van der Waals surface area contributed by atoms with Gasteiger partial charge in [-0.25, -0.2) is 0 Å². The van der Waals surface area contributed by atoms with E-state index in [2.05, 4.69) is 5.32 Å². The molecule has 2 unspecified atom stereocenters. The van der Waals surface area contributed by atoms with Crippen LogP contribution in [0.3, 0.4) is 0 Å². The first-order chi connectivity index (χ1) is 10.1. The molecule has 1 aliphatic heterocycles. The Labute approximate surface area is 126 Å². The average Bonchev–Trinajstić information content (AvgIpc) is 2.97. The summed E-state index contributed by atoms with van der Waals surface area (Å²) >= 11 is 0. The SMILES string of the molecule is COC1CNC(C(=O)N(C)CCOc2ccccc2C)C1. The van der Waals surface area contributed by atoms with E-state index in [4.69, 9.17) is 9.47 Å². The van der Waals surface area contributed by atoms with Gasteiger partial charge in [0, 0.05) is 20.7 Å². The predicted octanol–water partition coefficient (Wildman–Crippen LogP) is 1.21. The van der Waals surface area contributed by atoms with E-state index in [-0.39, 0.29) is 18.1 Å². The maximum Gasteiger partial charge on any atom is 0.239 e. The first-order valence-corrected chi connectivity index (χ1v) is 7.31. The molecule has 0 aliphatic carbocycles. The average molecular weight is 292 g/mol. The number of para-hydroxylation sites is 1. The van der Waals surface area contributed by atoms with Crippen molar-refractivity contribution in [3.8, 4) is 5.75 Å². The highest BCUT2D eigenvalue weighted by Crippen LogP contribution is 2.16. The monoisotopic (exact) mass is 292 g/mol. The molecule has 0 saturated carbocycles. The molecule has 1 heterocycles. The number of hydrogen-bond donors (Lipinski definition) is 1. The molecule has 5 heteroatoms. The van der Waals surface area contributed by atoms with Crippen LogP contribution >= 0.6 is 0 Å². The summed E-state index contributed by atoms with van der Waals surface area (Å²) in [6.45, 7) is 3.81. The van der Waals surface area contributed by atoms with Crippen molar-refractivity contribution in [1.82, 2.24) is 10.2 Å². The Morgan fingerprint density at radius 2 is 2.19 bits per heavy atom. The second-order valence-electron chi connectivity index (χ2n) is 5.43. The summed E-state index contributed by atoms with van der Waals surface area (Å²) < 4.78 is 11.0. The number of methoxy groups -OCH3 is 1. The highest BCUT2D eigenvalue weighted by Gasteiger charge is 2.30. The predicted molar refractivity (Wildman–Crippen MR) is 81.5 cm³/mol. The number of ether oxygens (including phenoxy) is 2. The Balaban J connectivity index is 1.75. The molecule has 1 aromatic rings. The summed E-state index contributed by atoms with van der Waals surface area (Å²) in [6, 6.07) is 7.75. The molecule has 21 heavy (non-hydrogen) atoms. The number of rotatable bonds is 6. The number of aryl methyl sites for hydroxylation is 1. The molecule has 0 radical (unpaired) electrons. The van der Waals surface area contributed by atoms with Crippen LogP contribution < -0.4 is 10.1 Å². The van der Waals surface area contributed by atoms with Crippen LogP contribution in [0.4, 0.5) is 0 Å². The Hall–Kier alpha value is -1.59. The molecule has 1 aliphatic rings. The minimum absolute atomic E-state index is 0.0999. The summed E-state index contributed by atoms with van der Waals surface area (Å²) in [5.41, 5.74) is 1.10. The number of benzene rings is 1. The maximum atomic E-state index is 12.3. The van der Waals surface area contributed by atoms with Crippen molar-refractivity contribution in [2.24, 2.45) is 0 Å². The lowest BCUT2D eigenvalue weighted by Gasteiger charge is -2.21. The molecule has 116 valence electrons. The summed E-state index contributed by atoms with van der Waals surface area (Å²) in [5, 5.41) is 3.20. The zero-order valence-electron chi connectivity index (χ0n) is 13.0. The van der Waals surface area contributed by atoms with Gasteiger partial charge in [0.1, 0.15) is 12.4 Å². The number of nitrogens with zero attached hydrogens (tertiary/aromatic N) is 1. The molecule has 5 nitrogen and oxygen atoms in total. The number of carbonyl (C=O) groups excluding carboxylic acids is 1. The Morgan fingerprint density at radius 1 is 1.43 bits per heavy atom. The van der Waals surface area contributed by atoms with Crippen molar-refractivity contribution in [2.45, 2.75) is 25.5 Å². The number of hydrogen-bond acceptors (Lipinski definition) is 4. The molecular formula is C16H24N2O3. The molecule has 1 fully saturated rings. The van der Waals surface area contributed by atoms with E-state index >= 15 is 0 Å². The van der Waals surface area contributed by atoms with Gasteiger partial charge in [-0.2, -0.15) is 0 Å². The fraction of sp³-hybridized carbons (Fsp3) is 0.562. The Bertz CT molecular complexity index is 478. The lowest BCUT2D eigenvalue weighted by atomic mass is 10.2. The summed E-state index contributed by atoms with van der Waals surface area (Å²) in [6.07, 6.45) is 0.869. The fourth-order valence-corrected chi connectivity index (χ4v) is 2.46. The van der Waals surface area contributed by atoms with Crippen LogP contribution in [0.5, 0.6) is 5.75 Å². The largest absolute Gasteiger partial charge is 0.491 e. The van der Waals surface area contributed by atoms with Gasteiger partial charge in [0.15, 0.2) is 0 Å². The van der Waals surface area contributed by atoms with Crippen molar-refractivity contribution in [3.05, 3.63) is 29.8 Å². The van der Waals surface area contributed by atoms with E-state index in [1.165, 1.54) is 0 Å². The quantitative estimate of drug-likeness (QED) is 0.856. The third kappa shape index (κ3) is 4.19.